The van der Waals surface area contributed by atoms with E-state index in [-0.39, 0.29) is 0 Å². The summed E-state index contributed by atoms with van der Waals surface area (Å²) in [5, 5.41) is 3.42. The molecule has 0 bridgehead atoms. The molecule has 1 aliphatic rings. The Labute approximate surface area is 104 Å². The van der Waals surface area contributed by atoms with Gasteiger partial charge in [0.05, 0.1) is 12.3 Å². The molecule has 0 aliphatic heterocycles. The van der Waals surface area contributed by atoms with Crippen LogP contribution in [0.25, 0.3) is 0 Å². The molecule has 17 heavy (non-hydrogen) atoms. The SMILES string of the molecule is CNC(C1=CCCCCCC1)c1coc(C)c1. The van der Waals surface area contributed by atoms with Gasteiger partial charge in [-0.1, -0.05) is 24.5 Å². The summed E-state index contributed by atoms with van der Waals surface area (Å²) in [4.78, 5) is 0. The van der Waals surface area contributed by atoms with Gasteiger partial charge < -0.3 is 9.73 Å². The van der Waals surface area contributed by atoms with Gasteiger partial charge in [0, 0.05) is 5.56 Å². The maximum Gasteiger partial charge on any atom is 0.101 e. The number of rotatable bonds is 3. The molecule has 1 heterocycles. The van der Waals surface area contributed by atoms with Crippen molar-refractivity contribution in [1.82, 2.24) is 5.32 Å². The smallest absolute Gasteiger partial charge is 0.101 e. The van der Waals surface area contributed by atoms with Crippen LogP contribution in [0.1, 0.15) is 55.9 Å². The largest absolute Gasteiger partial charge is 0.469 e. The minimum Gasteiger partial charge on any atom is -0.469 e. The van der Waals surface area contributed by atoms with E-state index in [4.69, 9.17) is 4.42 Å². The third-order valence-corrected chi connectivity index (χ3v) is 3.57. The lowest BCUT2D eigenvalue weighted by molar-refractivity contribution is 0.523. The Morgan fingerprint density at radius 1 is 1.24 bits per heavy atom. The van der Waals surface area contributed by atoms with E-state index in [1.807, 2.05) is 20.2 Å². The third kappa shape index (κ3) is 3.22. The standard InChI is InChI=1S/C15H23NO/c1-12-10-14(11-17-12)15(16-2)13-8-6-4-3-5-7-9-13/h8,10-11,15-16H,3-7,9H2,1-2H3. The van der Waals surface area contributed by atoms with Crippen LogP contribution in [-0.2, 0) is 0 Å². The molecule has 0 amide bonds. The summed E-state index contributed by atoms with van der Waals surface area (Å²) >= 11 is 0. The molecule has 0 saturated heterocycles. The Hall–Kier alpha value is -1.02. The van der Waals surface area contributed by atoms with Gasteiger partial charge in [-0.3, -0.25) is 0 Å². The van der Waals surface area contributed by atoms with Crippen LogP contribution >= 0.6 is 0 Å². The molecule has 1 N–H and O–H groups in total. The Morgan fingerprint density at radius 2 is 2.06 bits per heavy atom. The first-order valence-corrected chi connectivity index (χ1v) is 6.72. The summed E-state index contributed by atoms with van der Waals surface area (Å²) in [6.45, 7) is 2.00. The fraction of sp³-hybridized carbons (Fsp3) is 0.600. The molecule has 0 radical (unpaired) electrons. The van der Waals surface area contributed by atoms with Crippen molar-refractivity contribution in [3.05, 3.63) is 35.3 Å². The first-order chi connectivity index (χ1) is 8.31. The predicted molar refractivity (Wildman–Crippen MR) is 71.0 cm³/mol. The van der Waals surface area contributed by atoms with Crippen molar-refractivity contribution in [1.29, 1.82) is 0 Å². The minimum absolute atomic E-state index is 0.338. The summed E-state index contributed by atoms with van der Waals surface area (Å²) in [5.74, 6) is 0.992. The predicted octanol–water partition coefficient (Wildman–Crippen LogP) is 4.13. The zero-order valence-electron chi connectivity index (χ0n) is 11.0. The van der Waals surface area contributed by atoms with E-state index < -0.39 is 0 Å². The zero-order chi connectivity index (χ0) is 12.1. The molecule has 0 saturated carbocycles. The number of hydrogen-bond donors (Lipinski definition) is 1. The van der Waals surface area contributed by atoms with E-state index in [9.17, 15) is 0 Å². The Morgan fingerprint density at radius 3 is 2.76 bits per heavy atom. The van der Waals surface area contributed by atoms with Gasteiger partial charge in [-0.05, 0) is 45.7 Å². The van der Waals surface area contributed by atoms with Crippen molar-refractivity contribution < 1.29 is 4.42 Å². The Bertz CT molecular complexity index is 378. The van der Waals surface area contributed by atoms with Gasteiger partial charge in [-0.2, -0.15) is 0 Å². The van der Waals surface area contributed by atoms with Crippen LogP contribution in [0.2, 0.25) is 0 Å². The van der Waals surface area contributed by atoms with Gasteiger partial charge in [-0.25, -0.2) is 0 Å². The third-order valence-electron chi connectivity index (χ3n) is 3.57. The van der Waals surface area contributed by atoms with E-state index in [2.05, 4.69) is 17.5 Å². The fourth-order valence-electron chi connectivity index (χ4n) is 2.66. The van der Waals surface area contributed by atoms with Crippen molar-refractivity contribution in [3.63, 3.8) is 0 Å². The summed E-state index contributed by atoms with van der Waals surface area (Å²) in [6.07, 6.45) is 12.2. The summed E-state index contributed by atoms with van der Waals surface area (Å²) in [7, 11) is 2.03. The molecule has 94 valence electrons. The van der Waals surface area contributed by atoms with Crippen LogP contribution in [-0.4, -0.2) is 7.05 Å². The quantitative estimate of drug-likeness (QED) is 0.794. The van der Waals surface area contributed by atoms with Crippen molar-refractivity contribution in [2.45, 2.75) is 51.5 Å². The number of nitrogens with one attached hydrogen (secondary N) is 1. The van der Waals surface area contributed by atoms with Crippen molar-refractivity contribution >= 4 is 0 Å². The highest BCUT2D eigenvalue weighted by Gasteiger charge is 2.17. The van der Waals surface area contributed by atoms with E-state index in [1.54, 1.807) is 0 Å². The number of aryl methyl sites for hydroxylation is 1. The second-order valence-electron chi connectivity index (χ2n) is 4.94. The first-order valence-electron chi connectivity index (χ1n) is 6.72. The highest BCUT2D eigenvalue weighted by Crippen LogP contribution is 2.29. The molecule has 1 aliphatic carbocycles. The van der Waals surface area contributed by atoms with Crippen molar-refractivity contribution in [3.8, 4) is 0 Å². The maximum absolute atomic E-state index is 5.43. The minimum atomic E-state index is 0.338. The highest BCUT2D eigenvalue weighted by molar-refractivity contribution is 5.27. The van der Waals surface area contributed by atoms with Crippen LogP contribution in [0, 0.1) is 6.92 Å². The molecular weight excluding hydrogens is 210 g/mol. The number of furan rings is 1. The van der Waals surface area contributed by atoms with Crippen LogP contribution in [0.5, 0.6) is 0 Å². The molecule has 1 aromatic rings. The Balaban J connectivity index is 2.16. The first kappa shape index (κ1) is 12.4. The second-order valence-corrected chi connectivity index (χ2v) is 4.94. The normalized spacial score (nSPS) is 19.3. The summed E-state index contributed by atoms with van der Waals surface area (Å²) in [5.41, 5.74) is 2.80. The second kappa shape index (κ2) is 6.06. The number of likely N-dealkylation sites (N-methyl/N-ethyl adjacent to an activating group) is 1. The molecule has 1 atom stereocenters. The highest BCUT2D eigenvalue weighted by atomic mass is 16.3. The van der Waals surface area contributed by atoms with E-state index >= 15 is 0 Å². The molecule has 2 rings (SSSR count). The molecular formula is C15H23NO. The van der Waals surface area contributed by atoms with Crippen molar-refractivity contribution in [2.24, 2.45) is 0 Å². The lowest BCUT2D eigenvalue weighted by atomic mass is 9.92. The molecule has 0 spiro atoms. The van der Waals surface area contributed by atoms with Gasteiger partial charge in [0.25, 0.3) is 0 Å². The van der Waals surface area contributed by atoms with Crippen molar-refractivity contribution in [2.75, 3.05) is 7.05 Å². The lowest BCUT2D eigenvalue weighted by Gasteiger charge is -2.20. The lowest BCUT2D eigenvalue weighted by Crippen LogP contribution is -2.18. The molecule has 2 heteroatoms. The monoisotopic (exact) mass is 233 g/mol. The molecule has 1 unspecified atom stereocenters. The number of hydrogen-bond acceptors (Lipinski definition) is 2. The van der Waals surface area contributed by atoms with Crippen LogP contribution in [0.15, 0.2) is 28.4 Å². The fourth-order valence-corrected chi connectivity index (χ4v) is 2.66. The summed E-state index contributed by atoms with van der Waals surface area (Å²) < 4.78 is 5.43. The molecule has 0 fully saturated rings. The van der Waals surface area contributed by atoms with Gasteiger partial charge in [0.15, 0.2) is 0 Å². The Kier molecular flexibility index (Phi) is 4.43. The molecule has 2 nitrogen and oxygen atoms in total. The van der Waals surface area contributed by atoms with E-state index in [1.165, 1.54) is 49.7 Å². The van der Waals surface area contributed by atoms with Gasteiger partial charge in [-0.15, -0.1) is 0 Å². The van der Waals surface area contributed by atoms with Crippen LogP contribution in [0.4, 0.5) is 0 Å². The number of allylic oxidation sites excluding steroid dienone is 1. The van der Waals surface area contributed by atoms with E-state index in [0.717, 1.165) is 5.76 Å². The average Bonchev–Trinajstić information content (AvgIpc) is 2.68. The maximum atomic E-state index is 5.43. The van der Waals surface area contributed by atoms with Gasteiger partial charge in [0.2, 0.25) is 0 Å². The molecule has 1 aromatic heterocycles. The zero-order valence-corrected chi connectivity index (χ0v) is 11.0. The topological polar surface area (TPSA) is 25.2 Å². The van der Waals surface area contributed by atoms with Crippen LogP contribution in [0.3, 0.4) is 0 Å². The summed E-state index contributed by atoms with van der Waals surface area (Å²) in [6, 6.07) is 2.48. The average molecular weight is 233 g/mol. The van der Waals surface area contributed by atoms with E-state index in [0.29, 0.717) is 6.04 Å². The molecule has 0 aromatic carbocycles. The van der Waals surface area contributed by atoms with Gasteiger partial charge in [0.1, 0.15) is 5.76 Å². The van der Waals surface area contributed by atoms with Crippen LogP contribution < -0.4 is 5.32 Å². The van der Waals surface area contributed by atoms with Gasteiger partial charge >= 0.3 is 0 Å².